The van der Waals surface area contributed by atoms with Gasteiger partial charge in [-0.1, -0.05) is 25.1 Å². The van der Waals surface area contributed by atoms with Crippen LogP contribution in [0, 0.1) is 11.6 Å². The summed E-state index contributed by atoms with van der Waals surface area (Å²) in [5, 5.41) is 3.55. The lowest BCUT2D eigenvalue weighted by Gasteiger charge is -2.36. The van der Waals surface area contributed by atoms with Gasteiger partial charge in [0.2, 0.25) is 16.0 Å². The number of amides is 1. The van der Waals surface area contributed by atoms with E-state index in [0.717, 1.165) is 18.4 Å². The normalized spacial score (nSPS) is 17.5. The summed E-state index contributed by atoms with van der Waals surface area (Å²) < 4.78 is 77.9. The molecule has 4 aromatic rings. The monoisotopic (exact) mass is 700 g/mol. The molecule has 3 atom stereocenters. The van der Waals surface area contributed by atoms with Crippen molar-refractivity contribution >= 4 is 44.5 Å². The fraction of sp³-hybridized carbons (Fsp3) is 0.412. The quantitative estimate of drug-likeness (QED) is 0.219. The van der Waals surface area contributed by atoms with Gasteiger partial charge in [-0.3, -0.25) is 9.36 Å². The first kappa shape index (κ1) is 35.6. The molecule has 0 saturated carbocycles. The summed E-state index contributed by atoms with van der Waals surface area (Å²) in [7, 11) is -4.17. The first-order valence-corrected chi connectivity index (χ1v) is 17.7. The molecule has 1 aliphatic heterocycles. The summed E-state index contributed by atoms with van der Waals surface area (Å²) in [6.45, 7) is 8.97. The van der Waals surface area contributed by atoms with Gasteiger partial charge in [-0.2, -0.15) is 4.98 Å². The maximum absolute atomic E-state index is 15.7. The topological polar surface area (TPSA) is 127 Å². The van der Waals surface area contributed by atoms with E-state index in [9.17, 15) is 26.8 Å². The number of sulfonamides is 1. The highest BCUT2D eigenvalue weighted by Crippen LogP contribution is 2.35. The Labute approximate surface area is 282 Å². The number of benzene rings is 2. The van der Waals surface area contributed by atoms with Gasteiger partial charge in [-0.05, 0) is 70.0 Å². The zero-order valence-electron chi connectivity index (χ0n) is 28.1. The number of nitrogens with zero attached hydrogens (tertiary/aromatic N) is 5. The number of rotatable bonds is 8. The lowest BCUT2D eigenvalue weighted by molar-refractivity contribution is 0.0124. The highest BCUT2D eigenvalue weighted by molar-refractivity contribution is 7.92. The van der Waals surface area contributed by atoms with E-state index in [4.69, 9.17) is 4.74 Å². The second-order valence-corrected chi connectivity index (χ2v) is 15.0. The molecule has 5 rings (SSSR count). The highest BCUT2D eigenvalue weighted by atomic mass is 32.2. The van der Waals surface area contributed by atoms with E-state index in [1.54, 1.807) is 20.8 Å². The first-order chi connectivity index (χ1) is 23.0. The Balaban J connectivity index is 1.51. The van der Waals surface area contributed by atoms with Gasteiger partial charge in [0.15, 0.2) is 0 Å². The molecule has 1 aliphatic rings. The Bertz CT molecular complexity index is 2050. The summed E-state index contributed by atoms with van der Waals surface area (Å²) in [4.78, 5) is 37.0. The number of carbonyl (C=O) groups is 1. The van der Waals surface area contributed by atoms with Crippen LogP contribution in [0.3, 0.4) is 0 Å². The van der Waals surface area contributed by atoms with Gasteiger partial charge in [-0.25, -0.2) is 35.7 Å². The fourth-order valence-corrected chi connectivity index (χ4v) is 6.74. The van der Waals surface area contributed by atoms with Crippen molar-refractivity contribution in [3.63, 3.8) is 0 Å². The Kier molecular flexibility index (Phi) is 9.96. The number of alkyl halides is 1. The number of aromatic nitrogens is 3. The van der Waals surface area contributed by atoms with E-state index < -0.39 is 56.8 Å². The molecule has 262 valence electrons. The maximum Gasteiger partial charge on any atom is 0.410 e. The molecule has 1 saturated heterocycles. The molecule has 11 nitrogen and oxygen atoms in total. The van der Waals surface area contributed by atoms with Crippen molar-refractivity contribution < 1.29 is 31.1 Å². The van der Waals surface area contributed by atoms with Crippen LogP contribution in [-0.2, 0) is 14.8 Å². The van der Waals surface area contributed by atoms with Crippen molar-refractivity contribution in [1.82, 2.24) is 19.4 Å². The van der Waals surface area contributed by atoms with Crippen molar-refractivity contribution in [2.45, 2.75) is 71.3 Å². The van der Waals surface area contributed by atoms with Gasteiger partial charge in [0.05, 0.1) is 24.2 Å². The van der Waals surface area contributed by atoms with Crippen molar-refractivity contribution in [1.29, 1.82) is 0 Å². The van der Waals surface area contributed by atoms with Crippen LogP contribution < -0.4 is 15.2 Å². The average Bonchev–Trinajstić information content (AvgIpc) is 3.00. The van der Waals surface area contributed by atoms with Gasteiger partial charge in [0.25, 0.3) is 5.56 Å². The van der Waals surface area contributed by atoms with E-state index in [-0.39, 0.29) is 54.0 Å². The third kappa shape index (κ3) is 7.82. The third-order valence-electron chi connectivity index (χ3n) is 8.07. The van der Waals surface area contributed by atoms with Crippen LogP contribution >= 0.6 is 0 Å². The van der Waals surface area contributed by atoms with Gasteiger partial charge in [0, 0.05) is 42.2 Å². The number of ether oxygens (including phenoxy) is 1. The molecule has 0 aliphatic carbocycles. The Hall–Kier alpha value is -4.66. The zero-order chi connectivity index (χ0) is 35.8. The standard InChI is InChI=1S/C34H39F3N6O5S/c1-7-20(2)42-30-22(17-38-32(40-30)39-24-16-23(35)18-41(19-24)33(45)48-34(3,4)5)14-25(31(42)44)21-12-13-29(27(37)15-21)43(49(6,46)47)28-11-9-8-10-26(28)36/h8-15,17,20,23-24H,7,16,18-19H2,1-6H3,(H,38,39,40). The zero-order valence-corrected chi connectivity index (χ0v) is 28.9. The van der Waals surface area contributed by atoms with E-state index in [2.05, 4.69) is 15.3 Å². The molecule has 1 N–H and O–H groups in total. The number of anilines is 3. The molecular formula is C34H39F3N6O5S. The number of hydrogen-bond acceptors (Lipinski definition) is 8. The third-order valence-corrected chi connectivity index (χ3v) is 9.13. The molecular weight excluding hydrogens is 661 g/mol. The van der Waals surface area contributed by atoms with Crippen LogP contribution in [0.1, 0.15) is 53.5 Å². The number of likely N-dealkylation sites (tertiary alicyclic amines) is 1. The summed E-state index contributed by atoms with van der Waals surface area (Å²) in [6.07, 6.45) is 1.05. The molecule has 0 bridgehead atoms. The van der Waals surface area contributed by atoms with Crippen LogP contribution in [0.25, 0.3) is 22.2 Å². The Morgan fingerprint density at radius 3 is 2.43 bits per heavy atom. The van der Waals surface area contributed by atoms with Gasteiger partial charge in [-0.15, -0.1) is 0 Å². The van der Waals surface area contributed by atoms with Gasteiger partial charge in [0.1, 0.15) is 29.1 Å². The number of fused-ring (bicyclic) bond motifs is 1. The smallest absolute Gasteiger partial charge is 0.410 e. The molecule has 2 aromatic heterocycles. The molecule has 49 heavy (non-hydrogen) atoms. The van der Waals surface area contributed by atoms with Crippen LogP contribution in [0.4, 0.5) is 35.3 Å². The van der Waals surface area contributed by atoms with Crippen LogP contribution in [0.2, 0.25) is 0 Å². The predicted octanol–water partition coefficient (Wildman–Crippen LogP) is 6.56. The summed E-state index contributed by atoms with van der Waals surface area (Å²) >= 11 is 0. The number of hydrogen-bond donors (Lipinski definition) is 1. The number of para-hydroxylation sites is 1. The molecule has 1 amide bonds. The second-order valence-electron chi connectivity index (χ2n) is 13.2. The van der Waals surface area contributed by atoms with Crippen LogP contribution in [0.15, 0.2) is 59.5 Å². The van der Waals surface area contributed by atoms with Gasteiger partial charge >= 0.3 is 6.09 Å². The van der Waals surface area contributed by atoms with Crippen LogP contribution in [-0.4, -0.2) is 71.1 Å². The fourth-order valence-electron chi connectivity index (χ4n) is 5.73. The van der Waals surface area contributed by atoms with E-state index in [1.807, 2.05) is 13.8 Å². The Morgan fingerprint density at radius 2 is 1.80 bits per heavy atom. The molecule has 0 spiro atoms. The summed E-state index contributed by atoms with van der Waals surface area (Å²) in [5.74, 6) is -1.72. The largest absolute Gasteiger partial charge is 0.444 e. The lowest BCUT2D eigenvalue weighted by Crippen LogP contribution is -2.51. The maximum atomic E-state index is 15.7. The minimum absolute atomic E-state index is 0.0982. The average molecular weight is 701 g/mol. The number of carbonyl (C=O) groups excluding carboxylic acids is 1. The van der Waals surface area contributed by atoms with Crippen molar-refractivity contribution in [2.24, 2.45) is 0 Å². The summed E-state index contributed by atoms with van der Waals surface area (Å²) in [5.41, 5.74) is -1.43. The number of halogens is 3. The first-order valence-electron chi connectivity index (χ1n) is 15.8. The summed E-state index contributed by atoms with van der Waals surface area (Å²) in [6, 6.07) is 9.35. The highest BCUT2D eigenvalue weighted by Gasteiger charge is 2.33. The molecule has 2 aromatic carbocycles. The second kappa shape index (κ2) is 13.7. The molecule has 0 radical (unpaired) electrons. The minimum atomic E-state index is -4.17. The number of pyridine rings is 1. The van der Waals surface area contributed by atoms with Crippen molar-refractivity contribution in [3.8, 4) is 11.1 Å². The Morgan fingerprint density at radius 1 is 1.10 bits per heavy atom. The van der Waals surface area contributed by atoms with E-state index in [1.165, 1.54) is 52.1 Å². The SMILES string of the molecule is CCC(C)n1c(=O)c(-c2ccc(N(c3ccccc3F)S(C)(=O)=O)c(F)c2)cc2cnc(NC3CC(F)CN(C(=O)OC(C)(C)C)C3)nc21. The molecule has 3 unspecified atom stereocenters. The predicted molar refractivity (Wildman–Crippen MR) is 182 cm³/mol. The molecule has 3 heterocycles. The van der Waals surface area contributed by atoms with E-state index >= 15 is 4.39 Å². The number of piperidine rings is 1. The van der Waals surface area contributed by atoms with Crippen molar-refractivity contribution in [3.05, 3.63) is 76.7 Å². The lowest BCUT2D eigenvalue weighted by atomic mass is 10.0. The van der Waals surface area contributed by atoms with Crippen molar-refractivity contribution in [2.75, 3.05) is 29.0 Å². The molecule has 1 fully saturated rings. The minimum Gasteiger partial charge on any atom is -0.444 e. The molecule has 15 heteroatoms. The van der Waals surface area contributed by atoms with Gasteiger partial charge < -0.3 is 15.0 Å². The number of nitrogens with one attached hydrogen (secondary N) is 1. The van der Waals surface area contributed by atoms with Crippen LogP contribution in [0.5, 0.6) is 0 Å². The van der Waals surface area contributed by atoms with E-state index in [0.29, 0.717) is 16.1 Å².